The summed E-state index contributed by atoms with van der Waals surface area (Å²) in [6, 6.07) is 14.4. The van der Waals surface area contributed by atoms with Crippen molar-refractivity contribution >= 4 is 41.4 Å². The average Bonchev–Trinajstić information content (AvgIpc) is 2.93. The molecule has 2 aromatic carbocycles. The Labute approximate surface area is 224 Å². The highest BCUT2D eigenvalue weighted by atomic mass is 35.5. The van der Waals surface area contributed by atoms with Gasteiger partial charge in [0.2, 0.25) is 0 Å². The Kier molecular flexibility index (Phi) is 10.2. The summed E-state index contributed by atoms with van der Waals surface area (Å²) in [5, 5.41) is 2.07. The molecule has 37 heavy (non-hydrogen) atoms. The monoisotopic (exact) mass is 548 g/mol. The second kappa shape index (κ2) is 13.4. The molecule has 0 aliphatic carbocycles. The lowest BCUT2D eigenvalue weighted by Crippen LogP contribution is -2.70. The molecule has 1 aliphatic rings. The molecular weight excluding hydrogens is 520 g/mol. The number of carbonyl (C=O) groups is 3. The van der Waals surface area contributed by atoms with E-state index in [-0.39, 0.29) is 24.8 Å². The molecule has 0 spiro atoms. The molecule has 0 aromatic heterocycles. The van der Waals surface area contributed by atoms with Gasteiger partial charge in [-0.25, -0.2) is 4.79 Å². The predicted molar refractivity (Wildman–Crippen MR) is 140 cm³/mol. The van der Waals surface area contributed by atoms with Crippen LogP contribution in [0.25, 0.3) is 0 Å². The van der Waals surface area contributed by atoms with Crippen LogP contribution in [0.15, 0.2) is 65.9 Å². The fourth-order valence-corrected chi connectivity index (χ4v) is 4.52. The Morgan fingerprint density at radius 1 is 1.14 bits per heavy atom. The molecule has 11 heteroatoms. The lowest BCUT2D eigenvalue weighted by atomic mass is 9.93. The molecule has 1 aliphatic heterocycles. The summed E-state index contributed by atoms with van der Waals surface area (Å²) in [6.45, 7) is 3.05. The normalized spacial score (nSPS) is 18.3. The number of alkyl halides is 1. The SMILES string of the molecule is COc1ccc(COC(=O)/C(=C(\CCl)[C@H](C)SO)N2C(=O)[C@@H](NC(=O)COc3ccccc3)[C@H]2C)cc1. The van der Waals surface area contributed by atoms with Gasteiger partial charge >= 0.3 is 5.97 Å². The summed E-state index contributed by atoms with van der Waals surface area (Å²) in [4.78, 5) is 40.0. The van der Waals surface area contributed by atoms with Gasteiger partial charge in [-0.15, -0.1) is 11.6 Å². The fraction of sp³-hybridized carbons (Fsp3) is 0.346. The van der Waals surface area contributed by atoms with Crippen molar-refractivity contribution in [2.45, 2.75) is 37.8 Å². The van der Waals surface area contributed by atoms with Crippen LogP contribution in [0.1, 0.15) is 19.4 Å². The van der Waals surface area contributed by atoms with Crippen molar-refractivity contribution in [3.63, 3.8) is 0 Å². The van der Waals surface area contributed by atoms with Crippen molar-refractivity contribution in [1.82, 2.24) is 10.2 Å². The number of halogens is 1. The van der Waals surface area contributed by atoms with E-state index in [2.05, 4.69) is 5.32 Å². The van der Waals surface area contributed by atoms with E-state index in [1.54, 1.807) is 69.5 Å². The molecule has 2 amide bonds. The molecular formula is C26H29ClN2O7S. The number of amides is 2. The average molecular weight is 549 g/mol. The minimum absolute atomic E-state index is 0.0407. The van der Waals surface area contributed by atoms with Crippen molar-refractivity contribution < 1.29 is 33.1 Å². The van der Waals surface area contributed by atoms with Crippen LogP contribution in [0.3, 0.4) is 0 Å². The Bertz CT molecular complexity index is 1130. The number of nitrogens with zero attached hydrogens (tertiary/aromatic N) is 1. The van der Waals surface area contributed by atoms with Gasteiger partial charge in [0, 0.05) is 5.88 Å². The minimum atomic E-state index is -0.857. The van der Waals surface area contributed by atoms with Crippen LogP contribution in [0.5, 0.6) is 11.5 Å². The number of benzene rings is 2. The standard InChI is InChI=1S/C26H29ClN2O7S/c1-16-23(28-22(30)15-35-20-7-5-4-6-8-20)25(31)29(16)24(21(13-27)17(2)37-33)26(32)36-14-18-9-11-19(34-3)12-10-18/h4-12,16-17,23,33H,13-15H2,1-3H3,(H,28,30)/b24-21-/t16-,17+,23+/m1/s1. The van der Waals surface area contributed by atoms with Crippen LogP contribution in [0.2, 0.25) is 0 Å². The molecule has 0 radical (unpaired) electrons. The van der Waals surface area contributed by atoms with Gasteiger partial charge in [0.05, 0.1) is 18.4 Å². The molecule has 9 nitrogen and oxygen atoms in total. The molecule has 1 fully saturated rings. The number of hydrogen-bond donors (Lipinski definition) is 2. The second-order valence-electron chi connectivity index (χ2n) is 8.28. The highest BCUT2D eigenvalue weighted by Crippen LogP contribution is 2.32. The Morgan fingerprint density at radius 3 is 2.38 bits per heavy atom. The van der Waals surface area contributed by atoms with Crippen molar-refractivity contribution in [3.8, 4) is 11.5 Å². The van der Waals surface area contributed by atoms with Crippen molar-refractivity contribution in [3.05, 3.63) is 71.4 Å². The Hall–Kier alpha value is -3.21. The maximum atomic E-state index is 13.2. The molecule has 2 N–H and O–H groups in total. The highest BCUT2D eigenvalue weighted by molar-refractivity contribution is 7.94. The van der Waals surface area contributed by atoms with E-state index < -0.39 is 35.1 Å². The van der Waals surface area contributed by atoms with Crippen LogP contribution in [0.4, 0.5) is 0 Å². The first kappa shape index (κ1) is 28.4. The van der Waals surface area contributed by atoms with Crippen molar-refractivity contribution in [2.75, 3.05) is 19.6 Å². The van der Waals surface area contributed by atoms with E-state index in [0.29, 0.717) is 29.1 Å². The van der Waals surface area contributed by atoms with E-state index in [4.69, 9.17) is 25.8 Å². The minimum Gasteiger partial charge on any atom is -0.497 e. The van der Waals surface area contributed by atoms with Crippen LogP contribution in [0, 0.1) is 0 Å². The highest BCUT2D eigenvalue weighted by Gasteiger charge is 2.50. The van der Waals surface area contributed by atoms with E-state index in [1.807, 2.05) is 6.07 Å². The summed E-state index contributed by atoms with van der Waals surface area (Å²) in [6.07, 6.45) is 0. The number of likely N-dealkylation sites (tertiary alicyclic amines) is 1. The fourth-order valence-electron chi connectivity index (χ4n) is 3.75. The van der Waals surface area contributed by atoms with E-state index >= 15 is 0 Å². The summed E-state index contributed by atoms with van der Waals surface area (Å²) in [7, 11) is 1.55. The zero-order valence-electron chi connectivity index (χ0n) is 20.7. The number of nitrogens with one attached hydrogen (secondary N) is 1. The van der Waals surface area contributed by atoms with Gasteiger partial charge in [0.15, 0.2) is 6.61 Å². The third-order valence-corrected chi connectivity index (χ3v) is 6.77. The van der Waals surface area contributed by atoms with Gasteiger partial charge in [0.1, 0.15) is 29.8 Å². The summed E-state index contributed by atoms with van der Waals surface area (Å²) >= 11 is 6.65. The quantitative estimate of drug-likeness (QED) is 0.136. The molecule has 0 bridgehead atoms. The number of methoxy groups -OCH3 is 1. The van der Waals surface area contributed by atoms with Crippen LogP contribution in [-0.4, -0.2) is 64.2 Å². The Balaban J connectivity index is 1.71. The molecule has 3 atom stereocenters. The number of esters is 1. The molecule has 1 saturated heterocycles. The molecule has 198 valence electrons. The van der Waals surface area contributed by atoms with Gasteiger partial charge in [-0.2, -0.15) is 0 Å². The predicted octanol–water partition coefficient (Wildman–Crippen LogP) is 3.62. The summed E-state index contributed by atoms with van der Waals surface area (Å²) < 4.78 is 25.7. The molecule has 1 heterocycles. The third-order valence-electron chi connectivity index (χ3n) is 5.88. The maximum Gasteiger partial charge on any atom is 0.355 e. The number of hydrogen-bond acceptors (Lipinski definition) is 8. The number of para-hydroxylation sites is 1. The van der Waals surface area contributed by atoms with Gasteiger partial charge in [0.25, 0.3) is 11.8 Å². The smallest absolute Gasteiger partial charge is 0.355 e. The zero-order valence-corrected chi connectivity index (χ0v) is 22.3. The maximum absolute atomic E-state index is 13.2. The molecule has 3 rings (SSSR count). The number of ether oxygens (including phenoxy) is 3. The molecule has 0 saturated carbocycles. The summed E-state index contributed by atoms with van der Waals surface area (Å²) in [5.41, 5.74) is 1.02. The lowest BCUT2D eigenvalue weighted by Gasteiger charge is -2.46. The van der Waals surface area contributed by atoms with Gasteiger partial charge in [-0.05, 0) is 61.3 Å². The second-order valence-corrected chi connectivity index (χ2v) is 9.46. The topological polar surface area (TPSA) is 114 Å². The number of carbonyl (C=O) groups excluding carboxylic acids is 3. The van der Waals surface area contributed by atoms with Crippen molar-refractivity contribution in [2.24, 2.45) is 0 Å². The molecule has 0 unspecified atom stereocenters. The van der Waals surface area contributed by atoms with Gasteiger partial charge < -0.3 is 24.1 Å². The van der Waals surface area contributed by atoms with Gasteiger partial charge in [-0.1, -0.05) is 30.3 Å². The Morgan fingerprint density at radius 2 is 1.81 bits per heavy atom. The first-order valence-electron chi connectivity index (χ1n) is 11.5. The van der Waals surface area contributed by atoms with Crippen LogP contribution < -0.4 is 14.8 Å². The first-order chi connectivity index (χ1) is 17.8. The van der Waals surface area contributed by atoms with E-state index in [0.717, 1.165) is 5.56 Å². The van der Waals surface area contributed by atoms with Crippen LogP contribution in [-0.2, 0) is 25.7 Å². The van der Waals surface area contributed by atoms with Crippen LogP contribution >= 0.6 is 23.6 Å². The first-order valence-corrected chi connectivity index (χ1v) is 12.9. The lowest BCUT2D eigenvalue weighted by molar-refractivity contribution is -0.156. The largest absolute Gasteiger partial charge is 0.497 e. The van der Waals surface area contributed by atoms with Gasteiger partial charge in [-0.3, -0.25) is 14.5 Å². The number of β-lactam (4-membered cyclic amide) rings is 1. The van der Waals surface area contributed by atoms with E-state index in [1.165, 1.54) is 4.90 Å². The number of rotatable bonds is 12. The van der Waals surface area contributed by atoms with E-state index in [9.17, 15) is 18.9 Å². The zero-order chi connectivity index (χ0) is 26.9. The summed E-state index contributed by atoms with van der Waals surface area (Å²) in [5.74, 6) is -0.645. The third kappa shape index (κ3) is 6.97. The van der Waals surface area contributed by atoms with Crippen molar-refractivity contribution in [1.29, 1.82) is 0 Å². The molecule has 2 aromatic rings.